The van der Waals surface area contributed by atoms with Crippen molar-refractivity contribution in [3.05, 3.63) is 39.5 Å². The molecule has 2 aromatic rings. The van der Waals surface area contributed by atoms with Crippen LogP contribution in [0.4, 0.5) is 14.6 Å². The Hall–Kier alpha value is -1.50. The van der Waals surface area contributed by atoms with Crippen molar-refractivity contribution in [3.63, 3.8) is 0 Å². The van der Waals surface area contributed by atoms with Crippen LogP contribution in [0.3, 0.4) is 0 Å². The highest BCUT2D eigenvalue weighted by Crippen LogP contribution is 2.23. The Labute approximate surface area is 111 Å². The Bertz CT molecular complexity index is 583. The lowest BCUT2D eigenvalue weighted by Gasteiger charge is -2.08. The van der Waals surface area contributed by atoms with Gasteiger partial charge in [-0.3, -0.25) is 0 Å². The average molecular weight is 317 g/mol. The molecule has 0 radical (unpaired) electrons. The molecule has 0 aliphatic heterocycles. The van der Waals surface area contributed by atoms with E-state index in [1.807, 2.05) is 6.92 Å². The van der Waals surface area contributed by atoms with Crippen LogP contribution >= 0.6 is 15.9 Å². The third kappa shape index (κ3) is 2.22. The number of nitrogens with two attached hydrogens (primary N) is 1. The van der Waals surface area contributed by atoms with Crippen LogP contribution in [0.15, 0.2) is 16.6 Å². The Morgan fingerprint density at radius 3 is 2.78 bits per heavy atom. The van der Waals surface area contributed by atoms with Gasteiger partial charge in [0.25, 0.3) is 0 Å². The largest absolute Gasteiger partial charge is 0.381 e. The second kappa shape index (κ2) is 5.01. The topological polar surface area (TPSA) is 56.7 Å². The molecule has 4 nitrogen and oxygen atoms in total. The molecule has 0 aliphatic rings. The minimum Gasteiger partial charge on any atom is -0.381 e. The SMILES string of the molecule is CCc1c(N)nnn1Cc1c(F)ccc(Br)c1F. The molecule has 2 N–H and O–H groups in total. The summed E-state index contributed by atoms with van der Waals surface area (Å²) in [5, 5.41) is 7.49. The van der Waals surface area contributed by atoms with Gasteiger partial charge < -0.3 is 5.73 Å². The number of nitrogen functional groups attached to an aromatic ring is 1. The molecule has 18 heavy (non-hydrogen) atoms. The molecule has 0 atom stereocenters. The van der Waals surface area contributed by atoms with Crippen molar-refractivity contribution in [2.75, 3.05) is 5.73 Å². The molecule has 0 spiro atoms. The van der Waals surface area contributed by atoms with Crippen molar-refractivity contribution in [3.8, 4) is 0 Å². The van der Waals surface area contributed by atoms with Crippen LogP contribution < -0.4 is 5.73 Å². The Morgan fingerprint density at radius 1 is 1.39 bits per heavy atom. The van der Waals surface area contributed by atoms with Crippen LogP contribution in [0.25, 0.3) is 0 Å². The summed E-state index contributed by atoms with van der Waals surface area (Å²) in [5.74, 6) is -0.966. The van der Waals surface area contributed by atoms with E-state index in [2.05, 4.69) is 26.2 Å². The van der Waals surface area contributed by atoms with Crippen molar-refractivity contribution in [2.24, 2.45) is 0 Å². The van der Waals surface area contributed by atoms with Crippen LogP contribution in [0, 0.1) is 11.6 Å². The fourth-order valence-electron chi connectivity index (χ4n) is 1.70. The zero-order chi connectivity index (χ0) is 13.3. The van der Waals surface area contributed by atoms with Gasteiger partial charge in [-0.15, -0.1) is 5.10 Å². The van der Waals surface area contributed by atoms with E-state index in [0.717, 1.165) is 0 Å². The second-order valence-corrected chi connectivity index (χ2v) is 4.61. The first-order valence-corrected chi connectivity index (χ1v) is 6.14. The molecule has 2 rings (SSSR count). The molecule has 7 heteroatoms. The van der Waals surface area contributed by atoms with Crippen molar-refractivity contribution in [2.45, 2.75) is 19.9 Å². The standard InChI is InChI=1S/C11H11BrF2N4/c1-2-9-11(15)16-17-18(9)5-6-8(13)4-3-7(12)10(6)14/h3-4H,2,5,15H2,1H3. The summed E-state index contributed by atoms with van der Waals surface area (Å²) in [7, 11) is 0. The number of rotatable bonds is 3. The normalized spacial score (nSPS) is 10.9. The van der Waals surface area contributed by atoms with E-state index < -0.39 is 11.6 Å². The number of anilines is 1. The van der Waals surface area contributed by atoms with Crippen molar-refractivity contribution in [1.82, 2.24) is 15.0 Å². The summed E-state index contributed by atoms with van der Waals surface area (Å²) in [6.07, 6.45) is 0.593. The number of hydrogen-bond acceptors (Lipinski definition) is 3. The molecule has 0 bridgehead atoms. The Morgan fingerprint density at radius 2 is 2.11 bits per heavy atom. The van der Waals surface area contributed by atoms with E-state index >= 15 is 0 Å². The van der Waals surface area contributed by atoms with Gasteiger partial charge in [-0.05, 0) is 34.5 Å². The van der Waals surface area contributed by atoms with Crippen molar-refractivity contribution >= 4 is 21.7 Å². The number of benzene rings is 1. The fourth-order valence-corrected chi connectivity index (χ4v) is 2.07. The lowest BCUT2D eigenvalue weighted by Crippen LogP contribution is -2.10. The van der Waals surface area contributed by atoms with Gasteiger partial charge >= 0.3 is 0 Å². The van der Waals surface area contributed by atoms with Gasteiger partial charge in [0.2, 0.25) is 0 Å². The molecule has 1 aromatic carbocycles. The zero-order valence-corrected chi connectivity index (χ0v) is 11.2. The molecule has 0 saturated carbocycles. The van der Waals surface area contributed by atoms with Gasteiger partial charge in [0.1, 0.15) is 11.6 Å². The van der Waals surface area contributed by atoms with Crippen molar-refractivity contribution in [1.29, 1.82) is 0 Å². The maximum atomic E-state index is 13.8. The summed E-state index contributed by atoms with van der Waals surface area (Å²) in [4.78, 5) is 0. The number of aromatic nitrogens is 3. The lowest BCUT2D eigenvalue weighted by atomic mass is 10.2. The summed E-state index contributed by atoms with van der Waals surface area (Å²) in [6.45, 7) is 1.84. The lowest BCUT2D eigenvalue weighted by molar-refractivity contribution is 0.518. The summed E-state index contributed by atoms with van der Waals surface area (Å²) >= 11 is 3.02. The van der Waals surface area contributed by atoms with E-state index in [9.17, 15) is 8.78 Å². The molecular weight excluding hydrogens is 306 g/mol. The van der Waals surface area contributed by atoms with Gasteiger partial charge in [0.05, 0.1) is 16.7 Å². The quantitative estimate of drug-likeness (QED) is 0.885. The van der Waals surface area contributed by atoms with Gasteiger partial charge in [-0.25, -0.2) is 13.5 Å². The van der Waals surface area contributed by atoms with Gasteiger partial charge in [0, 0.05) is 5.56 Å². The first-order valence-electron chi connectivity index (χ1n) is 5.34. The maximum Gasteiger partial charge on any atom is 0.169 e. The summed E-state index contributed by atoms with van der Waals surface area (Å²) in [5.41, 5.74) is 6.22. The Kier molecular flexibility index (Phi) is 3.60. The average Bonchev–Trinajstić information content (AvgIpc) is 2.70. The minimum absolute atomic E-state index is 0.0372. The third-order valence-corrected chi connectivity index (χ3v) is 3.26. The molecule has 1 aromatic heterocycles. The molecule has 0 amide bonds. The van der Waals surface area contributed by atoms with Crippen LogP contribution in [0.5, 0.6) is 0 Å². The molecular formula is C11H11BrF2N4. The number of hydrogen-bond donors (Lipinski definition) is 1. The summed E-state index contributed by atoms with van der Waals surface area (Å²) < 4.78 is 29.0. The van der Waals surface area contributed by atoms with Gasteiger partial charge in [-0.2, -0.15) is 0 Å². The van der Waals surface area contributed by atoms with E-state index in [0.29, 0.717) is 12.1 Å². The third-order valence-electron chi connectivity index (χ3n) is 2.65. The highest BCUT2D eigenvalue weighted by molar-refractivity contribution is 9.10. The molecule has 1 heterocycles. The molecule has 0 saturated heterocycles. The number of nitrogens with zero attached hydrogens (tertiary/aromatic N) is 3. The van der Waals surface area contributed by atoms with E-state index in [4.69, 9.17) is 5.73 Å². The van der Waals surface area contributed by atoms with Crippen molar-refractivity contribution < 1.29 is 8.78 Å². The summed E-state index contributed by atoms with van der Waals surface area (Å²) in [6, 6.07) is 2.53. The van der Waals surface area contributed by atoms with E-state index in [1.165, 1.54) is 16.8 Å². The van der Waals surface area contributed by atoms with Gasteiger partial charge in [-0.1, -0.05) is 12.1 Å². The first-order chi connectivity index (χ1) is 8.54. The monoisotopic (exact) mass is 316 g/mol. The number of halogens is 3. The predicted octanol–water partition coefficient (Wildman–Crippen LogP) is 2.51. The highest BCUT2D eigenvalue weighted by Gasteiger charge is 2.16. The molecule has 0 unspecified atom stereocenters. The molecule has 0 aliphatic carbocycles. The highest BCUT2D eigenvalue weighted by atomic mass is 79.9. The van der Waals surface area contributed by atoms with Crippen LogP contribution in [-0.2, 0) is 13.0 Å². The fraction of sp³-hybridized carbons (Fsp3) is 0.273. The molecule has 96 valence electrons. The minimum atomic E-state index is -0.633. The predicted molar refractivity (Wildman–Crippen MR) is 67.0 cm³/mol. The smallest absolute Gasteiger partial charge is 0.169 e. The van der Waals surface area contributed by atoms with Crippen LogP contribution in [0.2, 0.25) is 0 Å². The van der Waals surface area contributed by atoms with Crippen LogP contribution in [0.1, 0.15) is 18.2 Å². The Balaban J connectivity index is 2.43. The zero-order valence-electron chi connectivity index (χ0n) is 9.62. The first kappa shape index (κ1) is 12.9. The van der Waals surface area contributed by atoms with E-state index in [1.54, 1.807) is 0 Å². The second-order valence-electron chi connectivity index (χ2n) is 3.75. The van der Waals surface area contributed by atoms with E-state index in [-0.39, 0.29) is 22.4 Å². The van der Waals surface area contributed by atoms with Gasteiger partial charge in [0.15, 0.2) is 5.82 Å². The van der Waals surface area contributed by atoms with Crippen LogP contribution in [-0.4, -0.2) is 15.0 Å². The molecule has 0 fully saturated rings. The maximum absolute atomic E-state index is 13.8.